The second kappa shape index (κ2) is 9.75. The standard InChI is InChI=1S/C22H28N2O.ClH/c1-17(19-11-6-3-7-12-19)24(16-18-9-4-2-5-10-18)22(25)21-14-8-13-20(21)15-23;/h2-7,9-12,17,20-21H,8,13-16,23H2,1H3;1H/t17?,20-,21-;/m1./s1. The zero-order chi connectivity index (χ0) is 17.6. The molecule has 0 heterocycles. The highest BCUT2D eigenvalue weighted by molar-refractivity contribution is 5.85. The van der Waals surface area contributed by atoms with E-state index in [2.05, 4.69) is 31.2 Å². The average Bonchev–Trinajstić information content (AvgIpc) is 3.15. The molecule has 2 aromatic carbocycles. The van der Waals surface area contributed by atoms with E-state index in [4.69, 9.17) is 5.73 Å². The molecule has 0 saturated heterocycles. The fourth-order valence-electron chi connectivity index (χ4n) is 3.95. The maximum atomic E-state index is 13.4. The number of rotatable bonds is 6. The van der Waals surface area contributed by atoms with E-state index in [1.165, 1.54) is 11.1 Å². The second-order valence-corrected chi connectivity index (χ2v) is 7.07. The molecule has 1 fully saturated rings. The van der Waals surface area contributed by atoms with Gasteiger partial charge in [0.15, 0.2) is 0 Å². The molecular weight excluding hydrogens is 344 g/mol. The Labute approximate surface area is 163 Å². The summed E-state index contributed by atoms with van der Waals surface area (Å²) in [4.78, 5) is 15.4. The molecule has 0 aromatic heterocycles. The van der Waals surface area contributed by atoms with Crippen LogP contribution in [0.3, 0.4) is 0 Å². The Balaban J connectivity index is 0.00000243. The normalized spacial score (nSPS) is 20.2. The molecule has 3 nitrogen and oxygen atoms in total. The molecule has 1 saturated carbocycles. The van der Waals surface area contributed by atoms with Crippen LogP contribution in [0.25, 0.3) is 0 Å². The molecule has 0 radical (unpaired) electrons. The van der Waals surface area contributed by atoms with Crippen LogP contribution in [0.4, 0.5) is 0 Å². The van der Waals surface area contributed by atoms with Gasteiger partial charge in [-0.25, -0.2) is 0 Å². The zero-order valence-electron chi connectivity index (χ0n) is 15.4. The monoisotopic (exact) mass is 372 g/mol. The first kappa shape index (κ1) is 20.5. The van der Waals surface area contributed by atoms with Crippen molar-refractivity contribution in [2.45, 2.75) is 38.8 Å². The number of amides is 1. The van der Waals surface area contributed by atoms with Crippen molar-refractivity contribution in [3.05, 3.63) is 71.8 Å². The van der Waals surface area contributed by atoms with Crippen molar-refractivity contribution in [2.24, 2.45) is 17.6 Å². The van der Waals surface area contributed by atoms with Crippen molar-refractivity contribution in [3.63, 3.8) is 0 Å². The van der Waals surface area contributed by atoms with Crippen LogP contribution in [-0.2, 0) is 11.3 Å². The minimum absolute atomic E-state index is 0. The quantitative estimate of drug-likeness (QED) is 0.807. The molecule has 1 unspecified atom stereocenters. The van der Waals surface area contributed by atoms with E-state index in [1.807, 2.05) is 41.3 Å². The number of halogens is 1. The molecule has 1 aliphatic carbocycles. The second-order valence-electron chi connectivity index (χ2n) is 7.07. The fraction of sp³-hybridized carbons (Fsp3) is 0.409. The zero-order valence-corrected chi connectivity index (χ0v) is 16.2. The Morgan fingerprint density at radius 1 is 1.08 bits per heavy atom. The van der Waals surface area contributed by atoms with Crippen LogP contribution in [0, 0.1) is 11.8 Å². The summed E-state index contributed by atoms with van der Waals surface area (Å²) in [7, 11) is 0. The Morgan fingerprint density at radius 3 is 2.31 bits per heavy atom. The summed E-state index contributed by atoms with van der Waals surface area (Å²) in [5, 5.41) is 0. The summed E-state index contributed by atoms with van der Waals surface area (Å²) < 4.78 is 0. The predicted octanol–water partition coefficient (Wildman–Crippen LogP) is 4.57. The van der Waals surface area contributed by atoms with Crippen LogP contribution in [0.5, 0.6) is 0 Å². The van der Waals surface area contributed by atoms with Gasteiger partial charge in [-0.3, -0.25) is 4.79 Å². The lowest BCUT2D eigenvalue weighted by atomic mass is 9.93. The first-order chi connectivity index (χ1) is 12.2. The minimum Gasteiger partial charge on any atom is -0.331 e. The minimum atomic E-state index is 0. The van der Waals surface area contributed by atoms with Crippen LogP contribution >= 0.6 is 12.4 Å². The average molecular weight is 373 g/mol. The van der Waals surface area contributed by atoms with Gasteiger partial charge in [0.1, 0.15) is 0 Å². The van der Waals surface area contributed by atoms with Crippen molar-refractivity contribution < 1.29 is 4.79 Å². The molecule has 0 bridgehead atoms. The molecule has 3 rings (SSSR count). The van der Waals surface area contributed by atoms with Crippen LogP contribution < -0.4 is 5.73 Å². The van der Waals surface area contributed by atoms with Crippen molar-refractivity contribution in [3.8, 4) is 0 Å². The van der Waals surface area contributed by atoms with E-state index in [9.17, 15) is 4.79 Å². The molecule has 0 spiro atoms. The van der Waals surface area contributed by atoms with E-state index in [1.54, 1.807) is 0 Å². The van der Waals surface area contributed by atoms with E-state index in [0.717, 1.165) is 19.3 Å². The summed E-state index contributed by atoms with van der Waals surface area (Å²) in [6, 6.07) is 20.6. The number of carbonyl (C=O) groups excluding carboxylic acids is 1. The van der Waals surface area contributed by atoms with E-state index < -0.39 is 0 Å². The first-order valence-electron chi connectivity index (χ1n) is 9.30. The number of nitrogens with two attached hydrogens (primary N) is 1. The summed E-state index contributed by atoms with van der Waals surface area (Å²) in [6.07, 6.45) is 3.15. The van der Waals surface area contributed by atoms with Gasteiger partial charge in [0.2, 0.25) is 5.91 Å². The highest BCUT2D eigenvalue weighted by Gasteiger charge is 2.36. The summed E-state index contributed by atoms with van der Waals surface area (Å²) in [6.45, 7) is 3.38. The van der Waals surface area contributed by atoms with Crippen LogP contribution in [0.1, 0.15) is 43.4 Å². The Morgan fingerprint density at radius 2 is 1.69 bits per heavy atom. The first-order valence-corrected chi connectivity index (χ1v) is 9.30. The Kier molecular flexibility index (Phi) is 7.67. The van der Waals surface area contributed by atoms with Crippen LogP contribution in [-0.4, -0.2) is 17.4 Å². The highest BCUT2D eigenvalue weighted by Crippen LogP contribution is 2.35. The van der Waals surface area contributed by atoms with Gasteiger partial charge in [-0.2, -0.15) is 0 Å². The molecule has 1 aliphatic rings. The maximum absolute atomic E-state index is 13.4. The molecule has 2 N–H and O–H groups in total. The van der Waals surface area contributed by atoms with Gasteiger partial charge in [0, 0.05) is 12.5 Å². The Bertz CT molecular complexity index is 677. The lowest BCUT2D eigenvalue weighted by Crippen LogP contribution is -2.40. The third-order valence-electron chi connectivity index (χ3n) is 5.51. The van der Waals surface area contributed by atoms with E-state index in [-0.39, 0.29) is 30.3 Å². The largest absolute Gasteiger partial charge is 0.331 e. The van der Waals surface area contributed by atoms with Crippen LogP contribution in [0.2, 0.25) is 0 Å². The SMILES string of the molecule is CC(c1ccccc1)N(Cc1ccccc1)C(=O)[C@@H]1CCC[C@@H]1CN.Cl. The molecule has 3 atom stereocenters. The van der Waals surface area contributed by atoms with Gasteiger partial charge < -0.3 is 10.6 Å². The topological polar surface area (TPSA) is 46.3 Å². The summed E-state index contributed by atoms with van der Waals surface area (Å²) >= 11 is 0. The van der Waals surface area contributed by atoms with Gasteiger partial charge in [-0.05, 0) is 43.4 Å². The fourth-order valence-corrected chi connectivity index (χ4v) is 3.95. The molecule has 26 heavy (non-hydrogen) atoms. The van der Waals surface area contributed by atoms with Crippen molar-refractivity contribution >= 4 is 18.3 Å². The molecular formula is C22H29ClN2O. The predicted molar refractivity (Wildman–Crippen MR) is 109 cm³/mol. The van der Waals surface area contributed by atoms with E-state index in [0.29, 0.717) is 19.0 Å². The number of carbonyl (C=O) groups is 1. The van der Waals surface area contributed by atoms with Crippen LogP contribution in [0.15, 0.2) is 60.7 Å². The number of hydrogen-bond acceptors (Lipinski definition) is 2. The molecule has 1 amide bonds. The van der Waals surface area contributed by atoms with Crippen molar-refractivity contribution in [1.29, 1.82) is 0 Å². The number of benzene rings is 2. The lowest BCUT2D eigenvalue weighted by molar-refractivity contribution is -0.139. The van der Waals surface area contributed by atoms with Gasteiger partial charge >= 0.3 is 0 Å². The smallest absolute Gasteiger partial charge is 0.226 e. The summed E-state index contributed by atoms with van der Waals surface area (Å²) in [5.74, 6) is 0.654. The van der Waals surface area contributed by atoms with Gasteiger partial charge in [-0.1, -0.05) is 67.1 Å². The number of nitrogens with zero attached hydrogens (tertiary/aromatic N) is 1. The molecule has 0 aliphatic heterocycles. The third kappa shape index (κ3) is 4.66. The summed E-state index contributed by atoms with van der Waals surface area (Å²) in [5.41, 5.74) is 8.27. The highest BCUT2D eigenvalue weighted by atomic mass is 35.5. The number of hydrogen-bond donors (Lipinski definition) is 1. The van der Waals surface area contributed by atoms with Crippen molar-refractivity contribution in [2.75, 3.05) is 6.54 Å². The molecule has 4 heteroatoms. The molecule has 140 valence electrons. The van der Waals surface area contributed by atoms with Gasteiger partial charge in [0.25, 0.3) is 0 Å². The lowest BCUT2D eigenvalue weighted by Gasteiger charge is -2.33. The molecule has 2 aromatic rings. The van der Waals surface area contributed by atoms with Crippen molar-refractivity contribution in [1.82, 2.24) is 4.90 Å². The maximum Gasteiger partial charge on any atom is 0.226 e. The van der Waals surface area contributed by atoms with Gasteiger partial charge in [0.05, 0.1) is 6.04 Å². The Hall–Kier alpha value is -1.84. The van der Waals surface area contributed by atoms with Gasteiger partial charge in [-0.15, -0.1) is 12.4 Å². The van der Waals surface area contributed by atoms with E-state index >= 15 is 0 Å². The third-order valence-corrected chi connectivity index (χ3v) is 5.51.